The first-order valence-corrected chi connectivity index (χ1v) is 7.47. The molecule has 3 fully saturated rings. The van der Waals surface area contributed by atoms with E-state index < -0.39 is 0 Å². The van der Waals surface area contributed by atoms with Gasteiger partial charge in [-0.25, -0.2) is 0 Å². The molecule has 0 amide bonds. The standard InChI is InChI=1S/C14H26N2O/c1-2-6-15-11-8-12-3-4-13(9-11)16(12)14-5-7-17-10-14/h11-15H,2-10H2,1H3. The maximum absolute atomic E-state index is 5.57. The lowest BCUT2D eigenvalue weighted by molar-refractivity contribution is 0.0603. The van der Waals surface area contributed by atoms with E-state index in [1.54, 1.807) is 0 Å². The van der Waals surface area contributed by atoms with E-state index in [0.717, 1.165) is 37.4 Å². The monoisotopic (exact) mass is 238 g/mol. The molecule has 3 heterocycles. The van der Waals surface area contributed by atoms with Gasteiger partial charge in [0.05, 0.1) is 6.61 Å². The molecule has 0 aromatic rings. The molecule has 3 heteroatoms. The quantitative estimate of drug-likeness (QED) is 0.808. The summed E-state index contributed by atoms with van der Waals surface area (Å²) in [5, 5.41) is 3.73. The van der Waals surface area contributed by atoms with Gasteiger partial charge < -0.3 is 10.1 Å². The molecule has 0 aromatic heterocycles. The van der Waals surface area contributed by atoms with Gasteiger partial charge in [-0.05, 0) is 45.1 Å². The van der Waals surface area contributed by atoms with Crippen molar-refractivity contribution < 1.29 is 4.74 Å². The molecule has 0 spiro atoms. The molecule has 3 unspecified atom stereocenters. The van der Waals surface area contributed by atoms with Crippen molar-refractivity contribution in [2.75, 3.05) is 19.8 Å². The van der Waals surface area contributed by atoms with Crippen LogP contribution in [0.1, 0.15) is 45.4 Å². The smallest absolute Gasteiger partial charge is 0.0622 e. The number of hydrogen-bond acceptors (Lipinski definition) is 3. The first-order valence-electron chi connectivity index (χ1n) is 7.47. The zero-order valence-electron chi connectivity index (χ0n) is 11.0. The SMILES string of the molecule is CCCNC1CC2CCC(C1)N2C1CCOC1. The van der Waals surface area contributed by atoms with E-state index >= 15 is 0 Å². The highest BCUT2D eigenvalue weighted by Gasteiger charge is 2.44. The summed E-state index contributed by atoms with van der Waals surface area (Å²) in [5.41, 5.74) is 0. The largest absolute Gasteiger partial charge is 0.380 e. The second-order valence-electron chi connectivity index (χ2n) is 5.97. The number of nitrogens with one attached hydrogen (secondary N) is 1. The van der Waals surface area contributed by atoms with E-state index in [1.165, 1.54) is 45.1 Å². The van der Waals surface area contributed by atoms with Gasteiger partial charge in [0.2, 0.25) is 0 Å². The molecule has 98 valence electrons. The molecule has 0 aromatic carbocycles. The van der Waals surface area contributed by atoms with Gasteiger partial charge in [0, 0.05) is 30.8 Å². The van der Waals surface area contributed by atoms with E-state index in [9.17, 15) is 0 Å². The highest BCUT2D eigenvalue weighted by molar-refractivity contribution is 5.00. The number of ether oxygens (including phenoxy) is 1. The van der Waals surface area contributed by atoms with Crippen molar-refractivity contribution in [3.63, 3.8) is 0 Å². The van der Waals surface area contributed by atoms with Gasteiger partial charge in [0.15, 0.2) is 0 Å². The Labute approximate surface area is 105 Å². The van der Waals surface area contributed by atoms with Crippen LogP contribution in [0.2, 0.25) is 0 Å². The van der Waals surface area contributed by atoms with Gasteiger partial charge in [-0.1, -0.05) is 6.92 Å². The highest BCUT2D eigenvalue weighted by atomic mass is 16.5. The molecule has 3 rings (SSSR count). The molecule has 17 heavy (non-hydrogen) atoms. The lowest BCUT2D eigenvalue weighted by Gasteiger charge is -2.42. The molecular weight excluding hydrogens is 212 g/mol. The van der Waals surface area contributed by atoms with Crippen LogP contribution in [0.25, 0.3) is 0 Å². The summed E-state index contributed by atoms with van der Waals surface area (Å²) < 4.78 is 5.57. The molecule has 0 radical (unpaired) electrons. The number of rotatable bonds is 4. The minimum Gasteiger partial charge on any atom is -0.380 e. The van der Waals surface area contributed by atoms with Gasteiger partial charge in [0.1, 0.15) is 0 Å². The lowest BCUT2D eigenvalue weighted by Crippen LogP contribution is -2.53. The Balaban J connectivity index is 1.59. The third-order valence-electron chi connectivity index (χ3n) is 4.80. The van der Waals surface area contributed by atoms with Gasteiger partial charge in [0.25, 0.3) is 0 Å². The molecule has 2 bridgehead atoms. The number of hydrogen-bond donors (Lipinski definition) is 1. The predicted molar refractivity (Wildman–Crippen MR) is 69.2 cm³/mol. The van der Waals surface area contributed by atoms with Gasteiger partial charge in [-0.2, -0.15) is 0 Å². The van der Waals surface area contributed by atoms with Crippen LogP contribution in [0, 0.1) is 0 Å². The summed E-state index contributed by atoms with van der Waals surface area (Å²) in [4.78, 5) is 2.82. The zero-order chi connectivity index (χ0) is 11.7. The van der Waals surface area contributed by atoms with Crippen molar-refractivity contribution in [1.82, 2.24) is 10.2 Å². The Hall–Kier alpha value is -0.120. The van der Waals surface area contributed by atoms with Gasteiger partial charge >= 0.3 is 0 Å². The Morgan fingerprint density at radius 1 is 1.12 bits per heavy atom. The average Bonchev–Trinajstić information content (AvgIpc) is 2.93. The van der Waals surface area contributed by atoms with Crippen molar-refractivity contribution >= 4 is 0 Å². The Kier molecular flexibility index (Phi) is 3.69. The van der Waals surface area contributed by atoms with Crippen molar-refractivity contribution in [2.45, 2.75) is 69.6 Å². The van der Waals surface area contributed by atoms with Crippen LogP contribution in [0.15, 0.2) is 0 Å². The molecule has 3 aliphatic heterocycles. The molecule has 3 saturated heterocycles. The first-order chi connectivity index (χ1) is 8.38. The maximum atomic E-state index is 5.57. The fourth-order valence-electron chi connectivity index (χ4n) is 4.08. The van der Waals surface area contributed by atoms with Crippen LogP contribution in [0.5, 0.6) is 0 Å². The molecule has 3 atom stereocenters. The zero-order valence-corrected chi connectivity index (χ0v) is 11.0. The van der Waals surface area contributed by atoms with Crippen LogP contribution in [-0.4, -0.2) is 48.8 Å². The summed E-state index contributed by atoms with van der Waals surface area (Å²) in [5.74, 6) is 0. The average molecular weight is 238 g/mol. The third kappa shape index (κ3) is 2.38. The van der Waals surface area contributed by atoms with E-state index in [0.29, 0.717) is 0 Å². The summed E-state index contributed by atoms with van der Waals surface area (Å²) in [6.07, 6.45) is 8.10. The van der Waals surface area contributed by atoms with Crippen molar-refractivity contribution in [3.8, 4) is 0 Å². The van der Waals surface area contributed by atoms with Crippen molar-refractivity contribution in [2.24, 2.45) is 0 Å². The molecule has 3 aliphatic rings. The van der Waals surface area contributed by atoms with Crippen LogP contribution >= 0.6 is 0 Å². The summed E-state index contributed by atoms with van der Waals surface area (Å²) in [6, 6.07) is 3.20. The van der Waals surface area contributed by atoms with E-state index in [4.69, 9.17) is 4.74 Å². The van der Waals surface area contributed by atoms with Crippen LogP contribution in [-0.2, 0) is 4.74 Å². The Bertz CT molecular complexity index is 239. The predicted octanol–water partition coefficient (Wildman–Crippen LogP) is 1.77. The van der Waals surface area contributed by atoms with Crippen molar-refractivity contribution in [1.29, 1.82) is 0 Å². The van der Waals surface area contributed by atoms with Crippen LogP contribution < -0.4 is 5.32 Å². The van der Waals surface area contributed by atoms with E-state index in [2.05, 4.69) is 17.1 Å². The van der Waals surface area contributed by atoms with E-state index in [-0.39, 0.29) is 0 Å². The molecule has 3 nitrogen and oxygen atoms in total. The van der Waals surface area contributed by atoms with Crippen LogP contribution in [0.3, 0.4) is 0 Å². The van der Waals surface area contributed by atoms with Gasteiger partial charge in [-0.3, -0.25) is 4.90 Å². The number of fused-ring (bicyclic) bond motifs is 2. The molecule has 0 aliphatic carbocycles. The molecular formula is C14H26N2O. The summed E-state index contributed by atoms with van der Waals surface area (Å²) in [6.45, 7) is 5.42. The molecule has 1 N–H and O–H groups in total. The van der Waals surface area contributed by atoms with E-state index in [1.807, 2.05) is 0 Å². The Morgan fingerprint density at radius 2 is 1.88 bits per heavy atom. The van der Waals surface area contributed by atoms with Gasteiger partial charge in [-0.15, -0.1) is 0 Å². The Morgan fingerprint density at radius 3 is 2.47 bits per heavy atom. The minimum absolute atomic E-state index is 0.736. The highest BCUT2D eigenvalue weighted by Crippen LogP contribution is 2.38. The number of nitrogens with zero attached hydrogens (tertiary/aromatic N) is 1. The van der Waals surface area contributed by atoms with Crippen molar-refractivity contribution in [3.05, 3.63) is 0 Å². The second-order valence-corrected chi connectivity index (χ2v) is 5.97. The first kappa shape index (κ1) is 11.9. The van der Waals surface area contributed by atoms with Crippen LogP contribution in [0.4, 0.5) is 0 Å². The normalized spacial score (nSPS) is 42.2. The lowest BCUT2D eigenvalue weighted by atomic mass is 9.95. The second kappa shape index (κ2) is 5.25. The third-order valence-corrected chi connectivity index (χ3v) is 4.80. The maximum Gasteiger partial charge on any atom is 0.0622 e. The fourth-order valence-corrected chi connectivity index (χ4v) is 4.08. The number of piperidine rings is 1. The molecule has 0 saturated carbocycles. The fraction of sp³-hybridized carbons (Fsp3) is 1.00. The topological polar surface area (TPSA) is 24.5 Å². The summed E-state index contributed by atoms with van der Waals surface area (Å²) >= 11 is 0. The summed E-state index contributed by atoms with van der Waals surface area (Å²) in [7, 11) is 0. The minimum atomic E-state index is 0.736.